The van der Waals surface area contributed by atoms with Crippen molar-refractivity contribution in [3.05, 3.63) is 64.7 Å². The molecule has 2 amide bonds. The average molecular weight is 500 g/mol. The lowest BCUT2D eigenvalue weighted by molar-refractivity contribution is -0.123. The predicted octanol–water partition coefficient (Wildman–Crippen LogP) is 1.62. The van der Waals surface area contributed by atoms with Gasteiger partial charge in [0.05, 0.1) is 35.3 Å². The molecule has 35 heavy (non-hydrogen) atoms. The Bertz CT molecular complexity index is 1110. The van der Waals surface area contributed by atoms with Crippen LogP contribution in [0.5, 0.6) is 0 Å². The SMILES string of the molecule is O=C(OCC(=O)c1ccccc1Cl)c1ccc(N2C(=O)CC(N3CCN(CCO)CC3)C2=O)cc1. The van der Waals surface area contributed by atoms with Crippen molar-refractivity contribution in [2.24, 2.45) is 0 Å². The quantitative estimate of drug-likeness (QED) is 0.332. The molecule has 0 spiro atoms. The number of anilines is 1. The molecule has 2 aromatic rings. The lowest BCUT2D eigenvalue weighted by atomic mass is 10.1. The third kappa shape index (κ3) is 5.59. The van der Waals surface area contributed by atoms with Crippen LogP contribution in [-0.2, 0) is 14.3 Å². The number of nitrogens with zero attached hydrogens (tertiary/aromatic N) is 3. The molecule has 1 unspecified atom stereocenters. The standard InChI is InChI=1S/C25H26ClN3O6/c26-20-4-2-1-3-19(20)22(31)16-35-25(34)17-5-7-18(8-6-17)29-23(32)15-21(24(29)33)28-11-9-27(10-12-28)13-14-30/h1-8,21,30H,9-16H2. The zero-order chi connectivity index (χ0) is 24.9. The smallest absolute Gasteiger partial charge is 0.338 e. The summed E-state index contributed by atoms with van der Waals surface area (Å²) in [6.45, 7) is 2.99. The van der Waals surface area contributed by atoms with Crippen molar-refractivity contribution in [2.75, 3.05) is 50.8 Å². The number of ketones is 1. The molecule has 2 heterocycles. The fraction of sp³-hybridized carbons (Fsp3) is 0.360. The van der Waals surface area contributed by atoms with Crippen molar-refractivity contribution in [3.8, 4) is 0 Å². The van der Waals surface area contributed by atoms with Gasteiger partial charge in [0.2, 0.25) is 11.7 Å². The van der Waals surface area contributed by atoms with Crippen LogP contribution in [0.3, 0.4) is 0 Å². The highest BCUT2D eigenvalue weighted by Crippen LogP contribution is 2.27. The molecule has 2 fully saturated rings. The van der Waals surface area contributed by atoms with Crippen LogP contribution in [0.15, 0.2) is 48.5 Å². The normalized spacial score (nSPS) is 19.3. The van der Waals surface area contributed by atoms with Crippen molar-refractivity contribution in [1.82, 2.24) is 9.80 Å². The zero-order valence-corrected chi connectivity index (χ0v) is 19.8. The minimum absolute atomic E-state index is 0.0931. The van der Waals surface area contributed by atoms with Crippen LogP contribution in [0.2, 0.25) is 5.02 Å². The summed E-state index contributed by atoms with van der Waals surface area (Å²) in [5.74, 6) is -1.70. The van der Waals surface area contributed by atoms with Gasteiger partial charge in [-0.3, -0.25) is 24.2 Å². The fourth-order valence-corrected chi connectivity index (χ4v) is 4.58. The highest BCUT2D eigenvalue weighted by molar-refractivity contribution is 6.34. The summed E-state index contributed by atoms with van der Waals surface area (Å²) in [5, 5.41) is 9.37. The molecule has 1 atom stereocenters. The summed E-state index contributed by atoms with van der Waals surface area (Å²) in [6, 6.07) is 11.9. The first-order valence-corrected chi connectivity index (χ1v) is 11.8. The van der Waals surface area contributed by atoms with Crippen molar-refractivity contribution < 1.29 is 29.0 Å². The Balaban J connectivity index is 1.35. The number of piperazine rings is 1. The lowest BCUT2D eigenvalue weighted by Gasteiger charge is -2.36. The van der Waals surface area contributed by atoms with E-state index in [9.17, 15) is 19.2 Å². The van der Waals surface area contributed by atoms with Gasteiger partial charge in [0.15, 0.2) is 6.61 Å². The lowest BCUT2D eigenvalue weighted by Crippen LogP contribution is -2.52. The largest absolute Gasteiger partial charge is 0.454 e. The van der Waals surface area contributed by atoms with Gasteiger partial charge >= 0.3 is 5.97 Å². The van der Waals surface area contributed by atoms with Crippen molar-refractivity contribution in [3.63, 3.8) is 0 Å². The molecule has 10 heteroatoms. The topological polar surface area (TPSA) is 107 Å². The highest BCUT2D eigenvalue weighted by atomic mass is 35.5. The van der Waals surface area contributed by atoms with E-state index in [1.165, 1.54) is 24.3 Å². The maximum atomic E-state index is 13.1. The molecule has 2 aliphatic rings. The number of aliphatic hydroxyl groups is 1. The number of hydrogen-bond acceptors (Lipinski definition) is 8. The number of carbonyl (C=O) groups is 4. The van der Waals surface area contributed by atoms with Crippen molar-refractivity contribution in [1.29, 1.82) is 0 Å². The molecular formula is C25H26ClN3O6. The number of halogens is 1. The van der Waals surface area contributed by atoms with Crippen molar-refractivity contribution >= 4 is 40.9 Å². The van der Waals surface area contributed by atoms with E-state index < -0.39 is 24.4 Å². The van der Waals surface area contributed by atoms with Crippen LogP contribution in [0.25, 0.3) is 0 Å². The summed E-state index contributed by atoms with van der Waals surface area (Å²) in [6.07, 6.45) is 0.104. The summed E-state index contributed by atoms with van der Waals surface area (Å²) < 4.78 is 5.11. The van der Waals surface area contributed by atoms with Gasteiger partial charge in [-0.25, -0.2) is 9.69 Å². The fourth-order valence-electron chi connectivity index (χ4n) is 4.34. The van der Waals surface area contributed by atoms with E-state index in [2.05, 4.69) is 4.90 Å². The van der Waals surface area contributed by atoms with E-state index in [-0.39, 0.29) is 41.0 Å². The number of rotatable bonds is 8. The van der Waals surface area contributed by atoms with E-state index >= 15 is 0 Å². The molecule has 0 bridgehead atoms. The molecule has 0 radical (unpaired) electrons. The molecular weight excluding hydrogens is 474 g/mol. The van der Waals surface area contributed by atoms with E-state index in [1.54, 1.807) is 24.3 Å². The van der Waals surface area contributed by atoms with Crippen LogP contribution in [0.4, 0.5) is 5.69 Å². The van der Waals surface area contributed by atoms with E-state index in [1.807, 2.05) is 4.90 Å². The maximum absolute atomic E-state index is 13.1. The Morgan fingerprint density at radius 2 is 1.69 bits per heavy atom. The van der Waals surface area contributed by atoms with Gasteiger partial charge in [0, 0.05) is 38.3 Å². The number of hydrogen-bond donors (Lipinski definition) is 1. The Kier molecular flexibility index (Phi) is 7.92. The van der Waals surface area contributed by atoms with Crippen LogP contribution >= 0.6 is 11.6 Å². The van der Waals surface area contributed by atoms with E-state index in [0.29, 0.717) is 25.3 Å². The number of Topliss-reactive ketones (excluding diaryl/α,β-unsaturated/α-hetero) is 1. The first-order chi connectivity index (χ1) is 16.9. The Hall–Kier alpha value is -3.11. The molecule has 0 aliphatic carbocycles. The van der Waals surface area contributed by atoms with E-state index in [0.717, 1.165) is 18.0 Å². The van der Waals surface area contributed by atoms with Gasteiger partial charge < -0.3 is 9.84 Å². The zero-order valence-electron chi connectivity index (χ0n) is 19.1. The van der Waals surface area contributed by atoms with E-state index in [4.69, 9.17) is 21.4 Å². The molecule has 4 rings (SSSR count). The molecule has 0 saturated carbocycles. The van der Waals surface area contributed by atoms with Crippen molar-refractivity contribution in [2.45, 2.75) is 12.5 Å². The number of imide groups is 1. The number of ether oxygens (including phenoxy) is 1. The average Bonchev–Trinajstić information content (AvgIpc) is 3.17. The molecule has 9 nitrogen and oxygen atoms in total. The summed E-state index contributed by atoms with van der Waals surface area (Å²) in [5.41, 5.74) is 0.842. The van der Waals surface area contributed by atoms with Gasteiger partial charge in [-0.2, -0.15) is 0 Å². The highest BCUT2D eigenvalue weighted by Gasteiger charge is 2.43. The van der Waals surface area contributed by atoms with Gasteiger partial charge in [-0.15, -0.1) is 0 Å². The Morgan fingerprint density at radius 3 is 2.34 bits per heavy atom. The minimum Gasteiger partial charge on any atom is -0.454 e. The molecule has 2 aromatic carbocycles. The number of aliphatic hydroxyl groups excluding tert-OH is 1. The third-order valence-corrected chi connectivity index (χ3v) is 6.59. The van der Waals surface area contributed by atoms with Crippen LogP contribution in [-0.4, -0.2) is 90.5 Å². The first-order valence-electron chi connectivity index (χ1n) is 11.4. The molecule has 184 valence electrons. The second-order valence-electron chi connectivity index (χ2n) is 8.41. The number of benzene rings is 2. The maximum Gasteiger partial charge on any atom is 0.338 e. The number of esters is 1. The summed E-state index contributed by atoms with van der Waals surface area (Å²) in [4.78, 5) is 55.6. The molecule has 1 N–H and O–H groups in total. The number of carbonyl (C=O) groups excluding carboxylic acids is 4. The van der Waals surface area contributed by atoms with Crippen LogP contribution in [0, 0.1) is 0 Å². The summed E-state index contributed by atoms with van der Waals surface area (Å²) in [7, 11) is 0. The number of amides is 2. The van der Waals surface area contributed by atoms with Gasteiger partial charge in [-0.05, 0) is 36.4 Å². The first kappa shape index (κ1) is 25.0. The monoisotopic (exact) mass is 499 g/mol. The molecule has 0 aromatic heterocycles. The van der Waals surface area contributed by atoms with Crippen LogP contribution in [0.1, 0.15) is 27.1 Å². The van der Waals surface area contributed by atoms with Gasteiger partial charge in [0.25, 0.3) is 5.91 Å². The van der Waals surface area contributed by atoms with Crippen LogP contribution < -0.4 is 4.90 Å². The third-order valence-electron chi connectivity index (χ3n) is 6.26. The Labute approximate surface area is 207 Å². The predicted molar refractivity (Wildman–Crippen MR) is 129 cm³/mol. The second-order valence-corrected chi connectivity index (χ2v) is 8.82. The summed E-state index contributed by atoms with van der Waals surface area (Å²) >= 11 is 6.00. The molecule has 2 aliphatic heterocycles. The van der Waals surface area contributed by atoms with Gasteiger partial charge in [0.1, 0.15) is 0 Å². The second kappa shape index (κ2) is 11.1. The number of β-amino-alcohol motifs (C(OH)–C–C–N with tert-alkyl or cyclic N) is 1. The Morgan fingerprint density at radius 1 is 1.00 bits per heavy atom. The molecule has 2 saturated heterocycles. The van der Waals surface area contributed by atoms with Gasteiger partial charge in [-0.1, -0.05) is 23.7 Å². The minimum atomic E-state index is -0.699.